The van der Waals surface area contributed by atoms with E-state index in [1.54, 1.807) is 0 Å². The average molecular weight is 182 g/mol. The topological polar surface area (TPSA) is 29.3 Å². The second-order valence-electron chi connectivity index (χ2n) is 4.48. The highest BCUT2D eigenvalue weighted by Crippen LogP contribution is 2.22. The summed E-state index contributed by atoms with van der Waals surface area (Å²) in [6.45, 7) is 12.7. The van der Waals surface area contributed by atoms with Crippen LogP contribution in [0, 0.1) is 5.92 Å². The third kappa shape index (κ3) is 2.55. The maximum atomic E-state index is 6.01. The first-order valence-electron chi connectivity index (χ1n) is 5.16. The van der Waals surface area contributed by atoms with Crippen molar-refractivity contribution >= 4 is 0 Å². The van der Waals surface area contributed by atoms with Crippen LogP contribution in [0.15, 0.2) is 12.2 Å². The van der Waals surface area contributed by atoms with E-state index in [0.29, 0.717) is 18.0 Å². The van der Waals surface area contributed by atoms with E-state index in [2.05, 4.69) is 32.3 Å². The second-order valence-corrected chi connectivity index (χ2v) is 4.48. The lowest BCUT2D eigenvalue weighted by atomic mass is 9.87. The van der Waals surface area contributed by atoms with Crippen LogP contribution in [-0.2, 0) is 0 Å². The summed E-state index contributed by atoms with van der Waals surface area (Å²) in [6.07, 6.45) is 1.12. The Balaban J connectivity index is 2.53. The number of nitrogens with zero attached hydrogens (tertiary/aromatic N) is 1. The fourth-order valence-electron chi connectivity index (χ4n) is 2.04. The van der Waals surface area contributed by atoms with E-state index in [1.807, 2.05) is 0 Å². The van der Waals surface area contributed by atoms with Crippen molar-refractivity contribution in [2.45, 2.75) is 39.3 Å². The highest BCUT2D eigenvalue weighted by molar-refractivity contribution is 4.96. The molecule has 0 aliphatic carbocycles. The molecule has 0 aromatic carbocycles. The van der Waals surface area contributed by atoms with Crippen molar-refractivity contribution in [2.75, 3.05) is 13.1 Å². The van der Waals surface area contributed by atoms with Crippen LogP contribution in [0.2, 0.25) is 0 Å². The monoisotopic (exact) mass is 182 g/mol. The largest absolute Gasteiger partial charge is 0.327 e. The van der Waals surface area contributed by atoms with Gasteiger partial charge in [0.25, 0.3) is 0 Å². The molecule has 2 nitrogen and oxygen atoms in total. The zero-order valence-electron chi connectivity index (χ0n) is 9.09. The fourth-order valence-corrected chi connectivity index (χ4v) is 2.04. The average Bonchev–Trinajstić information content (AvgIpc) is 2.06. The number of likely N-dealkylation sites (tertiary alicyclic amines) is 1. The first kappa shape index (κ1) is 10.7. The minimum Gasteiger partial charge on any atom is -0.327 e. The minimum atomic E-state index is 0.386. The van der Waals surface area contributed by atoms with Gasteiger partial charge in [-0.05, 0) is 26.2 Å². The normalized spacial score (nSPS) is 36.2. The van der Waals surface area contributed by atoms with Gasteiger partial charge in [0.05, 0.1) is 0 Å². The lowest BCUT2D eigenvalue weighted by Crippen LogP contribution is -2.51. The van der Waals surface area contributed by atoms with E-state index in [0.717, 1.165) is 19.5 Å². The van der Waals surface area contributed by atoms with Crippen LogP contribution in [0.5, 0.6) is 0 Å². The van der Waals surface area contributed by atoms with Crippen LogP contribution in [0.4, 0.5) is 0 Å². The van der Waals surface area contributed by atoms with Crippen molar-refractivity contribution in [1.82, 2.24) is 4.90 Å². The van der Waals surface area contributed by atoms with Gasteiger partial charge in [0.15, 0.2) is 0 Å². The molecule has 1 aliphatic heterocycles. The molecule has 0 spiro atoms. The molecule has 1 saturated heterocycles. The van der Waals surface area contributed by atoms with Crippen molar-refractivity contribution < 1.29 is 0 Å². The van der Waals surface area contributed by atoms with Gasteiger partial charge in [0, 0.05) is 25.2 Å². The van der Waals surface area contributed by atoms with Gasteiger partial charge in [-0.3, -0.25) is 4.90 Å². The molecule has 0 aromatic rings. The molecule has 3 atom stereocenters. The Morgan fingerprint density at radius 1 is 1.54 bits per heavy atom. The highest BCUT2D eigenvalue weighted by Gasteiger charge is 2.29. The molecule has 13 heavy (non-hydrogen) atoms. The number of nitrogens with two attached hydrogens (primary N) is 1. The van der Waals surface area contributed by atoms with Crippen LogP contribution in [0.3, 0.4) is 0 Å². The van der Waals surface area contributed by atoms with Crippen LogP contribution < -0.4 is 5.73 Å². The van der Waals surface area contributed by atoms with Crippen molar-refractivity contribution in [3.05, 3.63) is 12.2 Å². The first-order valence-corrected chi connectivity index (χ1v) is 5.16. The summed E-state index contributed by atoms with van der Waals surface area (Å²) >= 11 is 0. The Kier molecular flexibility index (Phi) is 3.51. The van der Waals surface area contributed by atoms with Gasteiger partial charge < -0.3 is 5.73 Å². The number of hydrogen-bond acceptors (Lipinski definition) is 2. The SMILES string of the molecule is C=C(C)CN1CCC(N)C(C)C1C. The van der Waals surface area contributed by atoms with Gasteiger partial charge in [0.1, 0.15) is 0 Å². The van der Waals surface area contributed by atoms with E-state index in [4.69, 9.17) is 5.73 Å². The Morgan fingerprint density at radius 2 is 2.15 bits per heavy atom. The maximum absolute atomic E-state index is 6.01. The van der Waals surface area contributed by atoms with Crippen molar-refractivity contribution in [2.24, 2.45) is 11.7 Å². The Morgan fingerprint density at radius 3 is 2.69 bits per heavy atom. The summed E-state index contributed by atoms with van der Waals surface area (Å²) in [5.74, 6) is 0.605. The van der Waals surface area contributed by atoms with Crippen molar-refractivity contribution in [3.63, 3.8) is 0 Å². The van der Waals surface area contributed by atoms with Crippen LogP contribution in [0.1, 0.15) is 27.2 Å². The zero-order chi connectivity index (χ0) is 10.0. The second kappa shape index (κ2) is 4.25. The van der Waals surface area contributed by atoms with E-state index in [-0.39, 0.29) is 0 Å². The standard InChI is InChI=1S/C11H22N2/c1-8(2)7-13-6-5-11(12)9(3)10(13)4/h9-11H,1,5-7,12H2,2-4H3. The molecule has 3 unspecified atom stereocenters. The summed E-state index contributed by atoms with van der Waals surface area (Å²) in [5, 5.41) is 0. The molecule has 0 aromatic heterocycles. The van der Waals surface area contributed by atoms with Gasteiger partial charge in [-0.15, -0.1) is 0 Å². The number of hydrogen-bond donors (Lipinski definition) is 1. The first-order chi connectivity index (χ1) is 6.02. The molecule has 0 amide bonds. The van der Waals surface area contributed by atoms with E-state index < -0.39 is 0 Å². The van der Waals surface area contributed by atoms with Gasteiger partial charge >= 0.3 is 0 Å². The molecule has 1 aliphatic rings. The summed E-state index contributed by atoms with van der Waals surface area (Å²) < 4.78 is 0. The quantitative estimate of drug-likeness (QED) is 0.658. The number of rotatable bonds is 2. The molecule has 1 rings (SSSR count). The Hall–Kier alpha value is -0.340. The van der Waals surface area contributed by atoms with Gasteiger partial charge in [-0.2, -0.15) is 0 Å². The molecule has 2 N–H and O–H groups in total. The minimum absolute atomic E-state index is 0.386. The van der Waals surface area contributed by atoms with Crippen LogP contribution in [0.25, 0.3) is 0 Å². The Labute approximate surface area is 81.8 Å². The van der Waals surface area contributed by atoms with Gasteiger partial charge in [0.2, 0.25) is 0 Å². The summed E-state index contributed by atoms with van der Waals surface area (Å²) in [6, 6.07) is 0.983. The van der Waals surface area contributed by atoms with Crippen LogP contribution in [-0.4, -0.2) is 30.1 Å². The predicted molar refractivity (Wildman–Crippen MR) is 57.6 cm³/mol. The summed E-state index contributed by atoms with van der Waals surface area (Å²) in [4.78, 5) is 2.48. The molecule has 1 fully saturated rings. The van der Waals surface area contributed by atoms with Crippen molar-refractivity contribution in [1.29, 1.82) is 0 Å². The smallest absolute Gasteiger partial charge is 0.0190 e. The summed E-state index contributed by atoms with van der Waals surface area (Å²) in [5.41, 5.74) is 7.26. The molecular weight excluding hydrogens is 160 g/mol. The summed E-state index contributed by atoms with van der Waals surface area (Å²) in [7, 11) is 0. The van der Waals surface area contributed by atoms with Gasteiger partial charge in [-0.25, -0.2) is 0 Å². The zero-order valence-corrected chi connectivity index (χ0v) is 9.09. The molecule has 2 heteroatoms. The van der Waals surface area contributed by atoms with E-state index in [9.17, 15) is 0 Å². The van der Waals surface area contributed by atoms with E-state index in [1.165, 1.54) is 5.57 Å². The number of piperidine rings is 1. The van der Waals surface area contributed by atoms with Gasteiger partial charge in [-0.1, -0.05) is 19.1 Å². The van der Waals surface area contributed by atoms with Crippen LogP contribution >= 0.6 is 0 Å². The molecule has 0 bridgehead atoms. The predicted octanol–water partition coefficient (Wildman–Crippen LogP) is 1.62. The lowest BCUT2D eigenvalue weighted by Gasteiger charge is -2.41. The van der Waals surface area contributed by atoms with E-state index >= 15 is 0 Å². The maximum Gasteiger partial charge on any atom is 0.0190 e. The third-order valence-corrected chi connectivity index (χ3v) is 3.23. The Bertz CT molecular complexity index is 189. The molecular formula is C11H22N2. The molecule has 76 valence electrons. The highest BCUT2D eigenvalue weighted by atomic mass is 15.2. The molecule has 0 radical (unpaired) electrons. The lowest BCUT2D eigenvalue weighted by molar-refractivity contribution is 0.108. The molecule has 1 heterocycles. The third-order valence-electron chi connectivity index (χ3n) is 3.23. The van der Waals surface area contributed by atoms with Crippen molar-refractivity contribution in [3.8, 4) is 0 Å². The fraction of sp³-hybridized carbons (Fsp3) is 0.818. The molecule has 0 saturated carbocycles.